The van der Waals surface area contributed by atoms with Gasteiger partial charge in [-0.2, -0.15) is 0 Å². The maximum absolute atomic E-state index is 13.6. The quantitative estimate of drug-likeness (QED) is 0.366. The third-order valence-electron chi connectivity index (χ3n) is 6.17. The van der Waals surface area contributed by atoms with Gasteiger partial charge in [-0.1, -0.05) is 82.3 Å². The van der Waals surface area contributed by atoms with Crippen LogP contribution in [-0.2, 0) is 28.0 Å². The SMILES string of the molecule is CCCNC(=O)C(Cc1ccccc1)N(Cc1ccc(F)cc1)C(=O)COc1ccc(C(C)(C)C)cc1. The van der Waals surface area contributed by atoms with Crippen molar-refractivity contribution in [2.75, 3.05) is 13.2 Å². The predicted molar refractivity (Wildman–Crippen MR) is 145 cm³/mol. The van der Waals surface area contributed by atoms with Crippen molar-refractivity contribution >= 4 is 11.8 Å². The molecule has 1 atom stereocenters. The lowest BCUT2D eigenvalue weighted by molar-refractivity contribution is -0.142. The highest BCUT2D eigenvalue weighted by molar-refractivity contribution is 5.88. The molecule has 0 spiro atoms. The molecule has 196 valence electrons. The van der Waals surface area contributed by atoms with E-state index in [9.17, 15) is 14.0 Å². The Balaban J connectivity index is 1.85. The molecule has 5 nitrogen and oxygen atoms in total. The third kappa shape index (κ3) is 8.45. The molecule has 1 unspecified atom stereocenters. The summed E-state index contributed by atoms with van der Waals surface area (Å²) < 4.78 is 19.4. The first kappa shape index (κ1) is 27.9. The second-order valence-corrected chi connectivity index (χ2v) is 10.2. The second-order valence-electron chi connectivity index (χ2n) is 10.2. The first-order chi connectivity index (χ1) is 17.7. The van der Waals surface area contributed by atoms with Gasteiger partial charge in [0.25, 0.3) is 5.91 Å². The molecule has 0 saturated carbocycles. The highest BCUT2D eigenvalue weighted by atomic mass is 19.1. The summed E-state index contributed by atoms with van der Waals surface area (Å²) in [6.45, 7) is 8.83. The third-order valence-corrected chi connectivity index (χ3v) is 6.17. The fourth-order valence-electron chi connectivity index (χ4n) is 3.99. The Hall–Kier alpha value is -3.67. The molecule has 0 heterocycles. The summed E-state index contributed by atoms with van der Waals surface area (Å²) in [5, 5.41) is 2.94. The molecule has 0 fully saturated rings. The Morgan fingerprint density at radius 2 is 1.57 bits per heavy atom. The van der Waals surface area contributed by atoms with Crippen molar-refractivity contribution in [3.8, 4) is 5.75 Å². The summed E-state index contributed by atoms with van der Waals surface area (Å²) in [7, 11) is 0. The van der Waals surface area contributed by atoms with Crippen LogP contribution in [0, 0.1) is 5.82 Å². The Morgan fingerprint density at radius 1 is 0.919 bits per heavy atom. The molecule has 3 rings (SSSR count). The topological polar surface area (TPSA) is 58.6 Å². The van der Waals surface area contributed by atoms with Crippen LogP contribution in [0.1, 0.15) is 50.8 Å². The molecule has 0 saturated heterocycles. The van der Waals surface area contributed by atoms with Gasteiger partial charge in [-0.25, -0.2) is 4.39 Å². The highest BCUT2D eigenvalue weighted by Gasteiger charge is 2.30. The van der Waals surface area contributed by atoms with E-state index < -0.39 is 6.04 Å². The van der Waals surface area contributed by atoms with Crippen LogP contribution in [0.15, 0.2) is 78.9 Å². The largest absolute Gasteiger partial charge is 0.484 e. The zero-order valence-electron chi connectivity index (χ0n) is 22.2. The molecule has 1 N–H and O–H groups in total. The van der Waals surface area contributed by atoms with Crippen molar-refractivity contribution in [1.82, 2.24) is 10.2 Å². The maximum Gasteiger partial charge on any atom is 0.261 e. The minimum absolute atomic E-state index is 0.0107. The summed E-state index contributed by atoms with van der Waals surface area (Å²) in [5.41, 5.74) is 2.84. The summed E-state index contributed by atoms with van der Waals surface area (Å²) in [5.74, 6) is -0.323. The van der Waals surface area contributed by atoms with E-state index in [2.05, 4.69) is 26.1 Å². The summed E-state index contributed by atoms with van der Waals surface area (Å²) in [6, 6.07) is 22.5. The summed E-state index contributed by atoms with van der Waals surface area (Å²) in [6.07, 6.45) is 1.13. The molecule has 3 aromatic rings. The number of nitrogens with one attached hydrogen (secondary N) is 1. The van der Waals surface area contributed by atoms with Crippen LogP contribution in [0.2, 0.25) is 0 Å². The number of amides is 2. The van der Waals surface area contributed by atoms with E-state index >= 15 is 0 Å². The number of carbonyl (C=O) groups is 2. The first-order valence-electron chi connectivity index (χ1n) is 12.8. The molecule has 3 aromatic carbocycles. The zero-order chi connectivity index (χ0) is 26.8. The number of nitrogens with zero attached hydrogens (tertiary/aromatic N) is 1. The maximum atomic E-state index is 13.6. The van der Waals surface area contributed by atoms with Crippen molar-refractivity contribution in [2.45, 2.75) is 58.5 Å². The van der Waals surface area contributed by atoms with Crippen LogP contribution in [0.3, 0.4) is 0 Å². The molecule has 37 heavy (non-hydrogen) atoms. The van der Waals surface area contributed by atoms with Crippen LogP contribution >= 0.6 is 0 Å². The van der Waals surface area contributed by atoms with Gasteiger partial charge in [0.05, 0.1) is 0 Å². The van der Waals surface area contributed by atoms with Gasteiger partial charge in [0.15, 0.2) is 6.61 Å². The Morgan fingerprint density at radius 3 is 2.16 bits per heavy atom. The van der Waals surface area contributed by atoms with Crippen molar-refractivity contribution in [2.24, 2.45) is 0 Å². The van der Waals surface area contributed by atoms with Gasteiger partial charge in [0, 0.05) is 19.5 Å². The highest BCUT2D eigenvalue weighted by Crippen LogP contribution is 2.24. The van der Waals surface area contributed by atoms with Crippen molar-refractivity contribution in [3.05, 3.63) is 101 Å². The van der Waals surface area contributed by atoms with Crippen LogP contribution in [-0.4, -0.2) is 35.9 Å². The number of carbonyl (C=O) groups excluding carboxylic acids is 2. The molecule has 0 aromatic heterocycles. The lowest BCUT2D eigenvalue weighted by Crippen LogP contribution is -2.51. The van der Waals surface area contributed by atoms with E-state index in [1.165, 1.54) is 22.6 Å². The smallest absolute Gasteiger partial charge is 0.261 e. The van der Waals surface area contributed by atoms with Crippen molar-refractivity contribution < 1.29 is 18.7 Å². The molecule has 0 aliphatic heterocycles. The van der Waals surface area contributed by atoms with Gasteiger partial charge in [-0.3, -0.25) is 9.59 Å². The van der Waals surface area contributed by atoms with Gasteiger partial charge >= 0.3 is 0 Å². The van der Waals surface area contributed by atoms with E-state index in [4.69, 9.17) is 4.74 Å². The molecule has 2 amide bonds. The van der Waals surface area contributed by atoms with Gasteiger partial charge < -0.3 is 15.0 Å². The number of benzene rings is 3. The number of ether oxygens (including phenoxy) is 1. The Labute approximate surface area is 219 Å². The van der Waals surface area contributed by atoms with Gasteiger partial charge in [0.2, 0.25) is 5.91 Å². The van der Waals surface area contributed by atoms with Gasteiger partial charge in [0.1, 0.15) is 17.6 Å². The zero-order valence-corrected chi connectivity index (χ0v) is 22.2. The normalized spacial score (nSPS) is 12.0. The van der Waals surface area contributed by atoms with E-state index in [-0.39, 0.29) is 36.2 Å². The molecule has 0 aliphatic carbocycles. The molecule has 6 heteroatoms. The summed E-state index contributed by atoms with van der Waals surface area (Å²) >= 11 is 0. The van der Waals surface area contributed by atoms with E-state index in [1.807, 2.05) is 61.5 Å². The van der Waals surface area contributed by atoms with Crippen LogP contribution in [0.25, 0.3) is 0 Å². The van der Waals surface area contributed by atoms with E-state index in [0.29, 0.717) is 18.7 Å². The molecule has 0 aliphatic rings. The first-order valence-corrected chi connectivity index (χ1v) is 12.8. The lowest BCUT2D eigenvalue weighted by atomic mass is 9.87. The Bertz CT molecular complexity index is 1140. The monoisotopic (exact) mass is 504 g/mol. The van der Waals surface area contributed by atoms with Crippen molar-refractivity contribution in [3.63, 3.8) is 0 Å². The fourth-order valence-corrected chi connectivity index (χ4v) is 3.99. The standard InChI is InChI=1S/C31H37FN2O3/c1-5-19-33-30(36)28(20-23-9-7-6-8-10-23)34(21-24-11-15-26(32)16-12-24)29(35)22-37-27-17-13-25(14-18-27)31(2,3)4/h6-18,28H,5,19-22H2,1-4H3,(H,33,36). The second kappa shape index (κ2) is 13.0. The minimum Gasteiger partial charge on any atom is -0.484 e. The number of hydrogen-bond donors (Lipinski definition) is 1. The van der Waals surface area contributed by atoms with E-state index in [1.54, 1.807) is 12.1 Å². The van der Waals surface area contributed by atoms with Gasteiger partial charge in [-0.05, 0) is 52.8 Å². The van der Waals surface area contributed by atoms with Crippen LogP contribution in [0.4, 0.5) is 4.39 Å². The predicted octanol–water partition coefficient (Wildman–Crippen LogP) is 5.67. The Kier molecular flexibility index (Phi) is 9.84. The average Bonchev–Trinajstić information content (AvgIpc) is 2.89. The number of hydrogen-bond acceptors (Lipinski definition) is 3. The minimum atomic E-state index is -0.752. The van der Waals surface area contributed by atoms with Crippen LogP contribution in [0.5, 0.6) is 5.75 Å². The van der Waals surface area contributed by atoms with Crippen molar-refractivity contribution in [1.29, 1.82) is 0 Å². The summed E-state index contributed by atoms with van der Waals surface area (Å²) in [4.78, 5) is 28.4. The lowest BCUT2D eigenvalue weighted by Gasteiger charge is -2.31. The number of halogens is 1. The average molecular weight is 505 g/mol. The van der Waals surface area contributed by atoms with Gasteiger partial charge in [-0.15, -0.1) is 0 Å². The van der Waals surface area contributed by atoms with Crippen LogP contribution < -0.4 is 10.1 Å². The number of rotatable bonds is 11. The molecular formula is C31H37FN2O3. The molecule has 0 bridgehead atoms. The van der Waals surface area contributed by atoms with E-state index in [0.717, 1.165) is 17.5 Å². The fraction of sp³-hybridized carbons (Fsp3) is 0.355. The molecule has 0 radical (unpaired) electrons. The molecular weight excluding hydrogens is 467 g/mol.